The van der Waals surface area contributed by atoms with Crippen molar-refractivity contribution in [3.05, 3.63) is 70.2 Å². The number of hydrazone groups is 1. The fraction of sp³-hybridized carbons (Fsp3) is 0.357. The molecule has 2 fully saturated rings. The van der Waals surface area contributed by atoms with Gasteiger partial charge in [-0.15, -0.1) is 0 Å². The number of fused-ring (bicyclic) bond motifs is 2. The van der Waals surface area contributed by atoms with E-state index < -0.39 is 0 Å². The van der Waals surface area contributed by atoms with Crippen molar-refractivity contribution in [1.29, 1.82) is 0 Å². The molecule has 176 valence electrons. The average Bonchev–Trinajstić information content (AvgIpc) is 3.48. The Morgan fingerprint density at radius 3 is 2.82 bits per heavy atom. The first-order valence-corrected chi connectivity index (χ1v) is 12.6. The third kappa shape index (κ3) is 4.31. The Bertz CT molecular complexity index is 1250. The lowest BCUT2D eigenvalue weighted by atomic mass is 9.90. The van der Waals surface area contributed by atoms with Crippen LogP contribution in [0.1, 0.15) is 43.7 Å². The van der Waals surface area contributed by atoms with E-state index in [0.717, 1.165) is 28.4 Å². The van der Waals surface area contributed by atoms with E-state index in [4.69, 9.17) is 9.47 Å². The van der Waals surface area contributed by atoms with Gasteiger partial charge in [0.2, 0.25) is 5.91 Å². The first-order valence-electron chi connectivity index (χ1n) is 11.8. The topological polar surface area (TPSA) is 59.9 Å². The Morgan fingerprint density at radius 1 is 1.21 bits per heavy atom. The van der Waals surface area contributed by atoms with E-state index in [1.165, 1.54) is 23.6 Å². The zero-order valence-corrected chi connectivity index (χ0v) is 21.1. The molecule has 0 aliphatic heterocycles. The second-order valence-electron chi connectivity index (χ2n) is 9.53. The molecule has 5 nitrogen and oxygen atoms in total. The van der Waals surface area contributed by atoms with Crippen molar-refractivity contribution in [3.8, 4) is 11.5 Å². The van der Waals surface area contributed by atoms with Crippen molar-refractivity contribution in [2.24, 2.45) is 22.4 Å². The van der Waals surface area contributed by atoms with Crippen LogP contribution >= 0.6 is 15.9 Å². The second-order valence-corrected chi connectivity index (χ2v) is 10.4. The molecule has 0 heterocycles. The molecule has 0 unspecified atom stereocenters. The van der Waals surface area contributed by atoms with Crippen molar-refractivity contribution in [3.63, 3.8) is 0 Å². The molecule has 3 aromatic rings. The SMILES string of the molecule is COc1cc(/C=N\NC(=O)[C@H]2[C@H]3CCCC[C@]32C)cc(Br)c1OCc1cccc2ccccc12. The third-order valence-corrected chi connectivity index (χ3v) is 8.09. The van der Waals surface area contributed by atoms with Crippen molar-refractivity contribution in [2.45, 2.75) is 39.2 Å². The molecule has 1 amide bonds. The summed E-state index contributed by atoms with van der Waals surface area (Å²) in [6.07, 6.45) is 6.40. The minimum absolute atomic E-state index is 0.0340. The van der Waals surface area contributed by atoms with Gasteiger partial charge in [0.1, 0.15) is 6.61 Å². The molecular formula is C28H29BrN2O3. The molecule has 0 spiro atoms. The second kappa shape index (κ2) is 9.41. The lowest BCUT2D eigenvalue weighted by Crippen LogP contribution is -2.22. The average molecular weight is 521 g/mol. The molecular weight excluding hydrogens is 492 g/mol. The summed E-state index contributed by atoms with van der Waals surface area (Å²) in [5, 5.41) is 6.58. The number of hydrogen-bond donors (Lipinski definition) is 1. The highest BCUT2D eigenvalue weighted by molar-refractivity contribution is 9.10. The molecule has 0 aromatic heterocycles. The molecule has 3 aromatic carbocycles. The standard InChI is InChI=1S/C28H29BrN2O3/c1-28-13-6-5-12-22(28)25(28)27(32)31-30-16-18-14-23(29)26(24(15-18)33-2)34-17-20-10-7-9-19-8-3-4-11-21(19)20/h3-4,7-11,14-16,22,25H,5-6,12-13,17H2,1-2H3,(H,31,32)/b30-16-/t22-,25-,28-/m1/s1. The highest BCUT2D eigenvalue weighted by Crippen LogP contribution is 2.66. The maximum atomic E-state index is 12.6. The normalized spacial score (nSPS) is 23.5. The Labute approximate surface area is 208 Å². The number of hydrogen-bond acceptors (Lipinski definition) is 4. The first kappa shape index (κ1) is 22.9. The fourth-order valence-corrected chi connectivity index (χ4v) is 6.19. The Morgan fingerprint density at radius 2 is 2.03 bits per heavy atom. The Kier molecular flexibility index (Phi) is 6.34. The van der Waals surface area contributed by atoms with Gasteiger partial charge in [-0.25, -0.2) is 5.43 Å². The number of carbonyl (C=O) groups excluding carboxylic acids is 1. The van der Waals surface area contributed by atoms with E-state index in [2.05, 4.69) is 57.6 Å². The zero-order valence-electron chi connectivity index (χ0n) is 19.5. The van der Waals surface area contributed by atoms with Crippen molar-refractivity contribution in [1.82, 2.24) is 5.43 Å². The molecule has 2 saturated carbocycles. The van der Waals surface area contributed by atoms with Crippen LogP contribution in [0.5, 0.6) is 11.5 Å². The number of ether oxygens (including phenoxy) is 2. The number of benzene rings is 3. The van der Waals surface area contributed by atoms with Gasteiger partial charge < -0.3 is 9.47 Å². The summed E-state index contributed by atoms with van der Waals surface area (Å²) in [6, 6.07) is 18.2. The van der Waals surface area contributed by atoms with Gasteiger partial charge in [0.25, 0.3) is 0 Å². The molecule has 0 radical (unpaired) electrons. The van der Waals surface area contributed by atoms with Crippen LogP contribution in [0.25, 0.3) is 10.8 Å². The summed E-state index contributed by atoms with van der Waals surface area (Å²) in [6.45, 7) is 2.66. The van der Waals surface area contributed by atoms with Crippen LogP contribution in [-0.4, -0.2) is 19.2 Å². The van der Waals surface area contributed by atoms with Gasteiger partial charge in [0.15, 0.2) is 11.5 Å². The quantitative estimate of drug-likeness (QED) is 0.287. The maximum Gasteiger partial charge on any atom is 0.244 e. The van der Waals surface area contributed by atoms with Crippen LogP contribution in [0.4, 0.5) is 0 Å². The van der Waals surface area contributed by atoms with E-state index in [1.54, 1.807) is 13.3 Å². The van der Waals surface area contributed by atoms with Crippen LogP contribution < -0.4 is 14.9 Å². The lowest BCUT2D eigenvalue weighted by Gasteiger charge is -2.15. The van der Waals surface area contributed by atoms with Crippen molar-refractivity contribution < 1.29 is 14.3 Å². The largest absolute Gasteiger partial charge is 0.493 e. The van der Waals surface area contributed by atoms with E-state index in [9.17, 15) is 4.79 Å². The van der Waals surface area contributed by atoms with Crippen molar-refractivity contribution in [2.75, 3.05) is 7.11 Å². The predicted molar refractivity (Wildman–Crippen MR) is 138 cm³/mol. The minimum Gasteiger partial charge on any atom is -0.493 e. The number of carbonyl (C=O) groups is 1. The first-order chi connectivity index (χ1) is 16.5. The summed E-state index contributed by atoms with van der Waals surface area (Å²) in [7, 11) is 1.62. The van der Waals surface area contributed by atoms with E-state index in [1.807, 2.05) is 30.3 Å². The monoisotopic (exact) mass is 520 g/mol. The van der Waals surface area contributed by atoms with Gasteiger partial charge in [-0.3, -0.25) is 4.79 Å². The van der Waals surface area contributed by atoms with Gasteiger partial charge in [0.05, 0.1) is 17.8 Å². The molecule has 3 atom stereocenters. The van der Waals surface area contributed by atoms with Crippen molar-refractivity contribution >= 4 is 38.8 Å². The molecule has 6 heteroatoms. The summed E-state index contributed by atoms with van der Waals surface area (Å²) >= 11 is 3.61. The zero-order chi connectivity index (χ0) is 23.7. The molecule has 2 aliphatic carbocycles. The van der Waals surface area contributed by atoms with Gasteiger partial charge in [0, 0.05) is 5.92 Å². The van der Waals surface area contributed by atoms with Crippen LogP contribution in [0, 0.1) is 17.3 Å². The number of amides is 1. The molecule has 5 rings (SSSR count). The molecule has 0 bridgehead atoms. The Balaban J connectivity index is 1.26. The molecule has 34 heavy (non-hydrogen) atoms. The van der Waals surface area contributed by atoms with Gasteiger partial charge >= 0.3 is 0 Å². The van der Waals surface area contributed by atoms with Gasteiger partial charge in [-0.1, -0.05) is 62.2 Å². The number of rotatable bonds is 7. The van der Waals surface area contributed by atoms with Gasteiger partial charge in [-0.2, -0.15) is 5.10 Å². The highest BCUT2D eigenvalue weighted by atomic mass is 79.9. The fourth-order valence-electron chi connectivity index (χ4n) is 5.61. The summed E-state index contributed by atoms with van der Waals surface area (Å²) in [5.41, 5.74) is 4.84. The maximum absolute atomic E-state index is 12.6. The van der Waals surface area contributed by atoms with Crippen LogP contribution in [0.2, 0.25) is 0 Å². The molecule has 1 N–H and O–H groups in total. The van der Waals surface area contributed by atoms with Crippen LogP contribution in [0.15, 0.2) is 64.2 Å². The van der Waals surface area contributed by atoms with Crippen LogP contribution in [-0.2, 0) is 11.4 Å². The molecule has 0 saturated heterocycles. The summed E-state index contributed by atoms with van der Waals surface area (Å²) < 4.78 is 12.5. The number of halogens is 1. The smallest absolute Gasteiger partial charge is 0.244 e. The summed E-state index contributed by atoms with van der Waals surface area (Å²) in [5.74, 6) is 1.88. The highest BCUT2D eigenvalue weighted by Gasteiger charge is 2.64. The third-order valence-electron chi connectivity index (χ3n) is 7.51. The van der Waals surface area contributed by atoms with E-state index >= 15 is 0 Å². The predicted octanol–water partition coefficient (Wildman–Crippen LogP) is 6.47. The Hall–Kier alpha value is -2.86. The number of nitrogens with zero attached hydrogens (tertiary/aromatic N) is 1. The summed E-state index contributed by atoms with van der Waals surface area (Å²) in [4.78, 5) is 12.6. The number of nitrogens with one attached hydrogen (secondary N) is 1. The molecule has 2 aliphatic rings. The van der Waals surface area contributed by atoms with Crippen LogP contribution in [0.3, 0.4) is 0 Å². The number of methoxy groups -OCH3 is 1. The van der Waals surface area contributed by atoms with E-state index in [-0.39, 0.29) is 17.2 Å². The lowest BCUT2D eigenvalue weighted by molar-refractivity contribution is -0.123. The van der Waals surface area contributed by atoms with Gasteiger partial charge in [-0.05, 0) is 74.1 Å². The van der Waals surface area contributed by atoms with E-state index in [0.29, 0.717) is 24.0 Å². The minimum atomic E-state index is 0.0340.